The van der Waals surface area contributed by atoms with E-state index in [-0.39, 0.29) is 29.7 Å². The van der Waals surface area contributed by atoms with Crippen molar-refractivity contribution in [1.82, 2.24) is 15.5 Å². The maximum absolute atomic E-state index is 13.8. The van der Waals surface area contributed by atoms with E-state index in [0.29, 0.717) is 38.0 Å². The van der Waals surface area contributed by atoms with Crippen LogP contribution in [0.4, 0.5) is 9.18 Å². The molecule has 1 fully saturated rings. The molecule has 1 saturated heterocycles. The summed E-state index contributed by atoms with van der Waals surface area (Å²) >= 11 is 0. The summed E-state index contributed by atoms with van der Waals surface area (Å²) in [6.45, 7) is 5.22. The van der Waals surface area contributed by atoms with E-state index in [1.807, 2.05) is 36.4 Å². The van der Waals surface area contributed by atoms with E-state index in [4.69, 9.17) is 0 Å². The van der Waals surface area contributed by atoms with Crippen LogP contribution in [-0.2, 0) is 11.3 Å². The molecule has 5 nitrogen and oxygen atoms in total. The third-order valence-electron chi connectivity index (χ3n) is 5.90. The summed E-state index contributed by atoms with van der Waals surface area (Å²) in [5.41, 5.74) is 2.51. The minimum absolute atomic E-state index is 0.0380. The van der Waals surface area contributed by atoms with Crippen molar-refractivity contribution < 1.29 is 14.0 Å². The molecule has 0 bridgehead atoms. The summed E-state index contributed by atoms with van der Waals surface area (Å²) < 4.78 is 13.8. The molecule has 31 heavy (non-hydrogen) atoms. The molecule has 2 N–H and O–H groups in total. The largest absolute Gasteiger partial charge is 0.352 e. The van der Waals surface area contributed by atoms with Gasteiger partial charge < -0.3 is 15.5 Å². The summed E-state index contributed by atoms with van der Waals surface area (Å²) in [5, 5.41) is 5.98. The van der Waals surface area contributed by atoms with E-state index in [1.54, 1.807) is 17.9 Å². The lowest BCUT2D eigenvalue weighted by Gasteiger charge is -2.39. The van der Waals surface area contributed by atoms with Gasteiger partial charge in [-0.2, -0.15) is 0 Å². The van der Waals surface area contributed by atoms with Crippen molar-refractivity contribution in [2.24, 2.45) is 5.92 Å². The van der Waals surface area contributed by atoms with Gasteiger partial charge in [-0.15, -0.1) is 0 Å². The zero-order valence-electron chi connectivity index (χ0n) is 18.4. The van der Waals surface area contributed by atoms with Gasteiger partial charge in [0.05, 0.1) is 12.0 Å². The second kappa shape index (κ2) is 10.9. The number of aryl methyl sites for hydroxylation is 1. The lowest BCUT2D eigenvalue weighted by atomic mass is 9.88. The first-order chi connectivity index (χ1) is 15.0. The molecular weight excluding hydrogens is 393 g/mol. The predicted octanol–water partition coefficient (Wildman–Crippen LogP) is 4.71. The van der Waals surface area contributed by atoms with E-state index in [2.05, 4.69) is 17.6 Å². The Hall–Kier alpha value is -2.89. The van der Waals surface area contributed by atoms with Crippen LogP contribution in [0.5, 0.6) is 0 Å². The fourth-order valence-corrected chi connectivity index (χ4v) is 4.03. The van der Waals surface area contributed by atoms with Crippen molar-refractivity contribution >= 4 is 11.9 Å². The summed E-state index contributed by atoms with van der Waals surface area (Å²) in [6, 6.07) is 14.5. The number of likely N-dealkylation sites (tertiary alicyclic amines) is 1. The highest BCUT2D eigenvalue weighted by Crippen LogP contribution is 2.34. The van der Waals surface area contributed by atoms with Crippen molar-refractivity contribution in [3.8, 4) is 0 Å². The first-order valence-corrected chi connectivity index (χ1v) is 11.1. The van der Waals surface area contributed by atoms with Crippen LogP contribution >= 0.6 is 0 Å². The Morgan fingerprint density at radius 2 is 1.87 bits per heavy atom. The van der Waals surface area contributed by atoms with E-state index in [0.717, 1.165) is 24.0 Å². The highest BCUT2D eigenvalue weighted by molar-refractivity contribution is 5.81. The number of unbranched alkanes of at least 4 members (excludes halogenated alkanes) is 1. The Bertz CT molecular complexity index is 888. The Labute approximate surface area is 184 Å². The van der Waals surface area contributed by atoms with Crippen LogP contribution in [-0.4, -0.2) is 29.9 Å². The quantitative estimate of drug-likeness (QED) is 0.631. The Balaban J connectivity index is 1.71. The number of nitrogens with zero attached hydrogens (tertiary/aromatic N) is 1. The number of carbonyl (C=O) groups excluding carboxylic acids is 2. The van der Waals surface area contributed by atoms with E-state index < -0.39 is 0 Å². The molecule has 2 aromatic carbocycles. The average molecular weight is 426 g/mol. The van der Waals surface area contributed by atoms with Gasteiger partial charge in [0.25, 0.3) is 0 Å². The SMILES string of the molecule is CCCCNC(=O)N1C[C@@H](C(=O)NCc2ccccc2)CC[C@H]1c1ccc(F)c(C)c1. The van der Waals surface area contributed by atoms with Crippen LogP contribution in [0, 0.1) is 18.7 Å². The molecule has 1 aliphatic heterocycles. The summed E-state index contributed by atoms with van der Waals surface area (Å²) in [5.74, 6) is -0.556. The number of hydrogen-bond donors (Lipinski definition) is 2. The van der Waals surface area contributed by atoms with Gasteiger partial charge in [-0.3, -0.25) is 4.79 Å². The van der Waals surface area contributed by atoms with E-state index >= 15 is 0 Å². The number of amides is 3. The molecular formula is C25H32FN3O2. The lowest BCUT2D eigenvalue weighted by Crippen LogP contribution is -2.50. The number of nitrogens with one attached hydrogen (secondary N) is 2. The van der Waals surface area contributed by atoms with Gasteiger partial charge in [-0.25, -0.2) is 9.18 Å². The number of hydrogen-bond acceptors (Lipinski definition) is 2. The summed E-state index contributed by atoms with van der Waals surface area (Å²) in [7, 11) is 0. The van der Waals surface area contributed by atoms with Crippen molar-refractivity contribution in [2.45, 2.75) is 52.1 Å². The van der Waals surface area contributed by atoms with Crippen LogP contribution in [0.1, 0.15) is 55.3 Å². The van der Waals surface area contributed by atoms with Crippen molar-refractivity contribution in [3.63, 3.8) is 0 Å². The molecule has 6 heteroatoms. The monoisotopic (exact) mass is 425 g/mol. The van der Waals surface area contributed by atoms with Crippen LogP contribution in [0.15, 0.2) is 48.5 Å². The standard InChI is InChI=1S/C25H32FN3O2/c1-3-4-14-27-25(31)29-17-21(24(30)28-16-19-8-6-5-7-9-19)11-13-23(29)20-10-12-22(26)18(2)15-20/h5-10,12,15,21,23H,3-4,11,13-14,16-17H2,1-2H3,(H,27,31)(H,28,30)/t21-,23-/m0/s1. The lowest BCUT2D eigenvalue weighted by molar-refractivity contribution is -0.126. The van der Waals surface area contributed by atoms with Gasteiger partial charge in [0, 0.05) is 19.6 Å². The highest BCUT2D eigenvalue weighted by Gasteiger charge is 2.35. The Kier molecular flexibility index (Phi) is 8.04. The first-order valence-electron chi connectivity index (χ1n) is 11.1. The third-order valence-corrected chi connectivity index (χ3v) is 5.90. The minimum Gasteiger partial charge on any atom is -0.352 e. The van der Waals surface area contributed by atoms with Crippen molar-refractivity contribution in [3.05, 3.63) is 71.0 Å². The molecule has 1 aliphatic rings. The van der Waals surface area contributed by atoms with E-state index in [9.17, 15) is 14.0 Å². The molecule has 0 aromatic heterocycles. The maximum Gasteiger partial charge on any atom is 0.317 e. The molecule has 0 radical (unpaired) electrons. The molecule has 2 aromatic rings. The fraction of sp³-hybridized carbons (Fsp3) is 0.440. The zero-order chi connectivity index (χ0) is 22.2. The molecule has 0 aliphatic carbocycles. The van der Waals surface area contributed by atoms with Gasteiger partial charge in [0.15, 0.2) is 0 Å². The maximum atomic E-state index is 13.8. The summed E-state index contributed by atoms with van der Waals surface area (Å²) in [4.78, 5) is 27.5. The number of halogens is 1. The Morgan fingerprint density at radius 1 is 1.10 bits per heavy atom. The molecule has 3 rings (SSSR count). The second-order valence-electron chi connectivity index (χ2n) is 8.24. The number of urea groups is 1. The third kappa shape index (κ3) is 6.06. The molecule has 2 atom stereocenters. The van der Waals surface area contributed by atoms with Gasteiger partial charge in [0.2, 0.25) is 5.91 Å². The van der Waals surface area contributed by atoms with Gasteiger partial charge >= 0.3 is 6.03 Å². The molecule has 0 saturated carbocycles. The van der Waals surface area contributed by atoms with Crippen LogP contribution in [0.3, 0.4) is 0 Å². The van der Waals surface area contributed by atoms with Gasteiger partial charge in [-0.1, -0.05) is 55.8 Å². The Morgan fingerprint density at radius 3 is 2.58 bits per heavy atom. The smallest absolute Gasteiger partial charge is 0.317 e. The van der Waals surface area contributed by atoms with E-state index in [1.165, 1.54) is 6.07 Å². The first kappa shape index (κ1) is 22.8. The number of piperidine rings is 1. The van der Waals surface area contributed by atoms with Crippen LogP contribution < -0.4 is 10.6 Å². The molecule has 0 spiro atoms. The molecule has 0 unspecified atom stereocenters. The number of rotatable bonds is 7. The van der Waals surface area contributed by atoms with Crippen LogP contribution in [0.2, 0.25) is 0 Å². The number of benzene rings is 2. The normalized spacial score (nSPS) is 18.5. The molecule has 1 heterocycles. The molecule has 166 valence electrons. The fourth-order valence-electron chi connectivity index (χ4n) is 4.03. The second-order valence-corrected chi connectivity index (χ2v) is 8.24. The number of carbonyl (C=O) groups is 2. The van der Waals surface area contributed by atoms with Crippen molar-refractivity contribution in [2.75, 3.05) is 13.1 Å². The van der Waals surface area contributed by atoms with Crippen LogP contribution in [0.25, 0.3) is 0 Å². The predicted molar refractivity (Wildman–Crippen MR) is 120 cm³/mol. The van der Waals surface area contributed by atoms with Gasteiger partial charge in [0.1, 0.15) is 5.82 Å². The van der Waals surface area contributed by atoms with Gasteiger partial charge in [-0.05, 0) is 48.9 Å². The highest BCUT2D eigenvalue weighted by atomic mass is 19.1. The molecule has 3 amide bonds. The topological polar surface area (TPSA) is 61.4 Å². The zero-order valence-corrected chi connectivity index (χ0v) is 18.4. The average Bonchev–Trinajstić information content (AvgIpc) is 2.79. The summed E-state index contributed by atoms with van der Waals surface area (Å²) in [6.07, 6.45) is 3.24. The minimum atomic E-state index is -0.265. The van der Waals surface area contributed by atoms with Crippen molar-refractivity contribution in [1.29, 1.82) is 0 Å².